The van der Waals surface area contributed by atoms with E-state index in [0.29, 0.717) is 6.04 Å². The topological polar surface area (TPSA) is 21.3 Å². The number of benzene rings is 1. The first-order chi connectivity index (χ1) is 8.31. The third kappa shape index (κ3) is 3.54. The van der Waals surface area contributed by atoms with E-state index in [4.69, 9.17) is 4.74 Å². The molecule has 0 aromatic heterocycles. The summed E-state index contributed by atoms with van der Waals surface area (Å²) >= 11 is 3.53. The molecule has 0 bridgehead atoms. The van der Waals surface area contributed by atoms with Gasteiger partial charge in [-0.1, -0.05) is 22.0 Å². The van der Waals surface area contributed by atoms with Gasteiger partial charge >= 0.3 is 0 Å². The second-order valence-electron chi connectivity index (χ2n) is 4.59. The van der Waals surface area contributed by atoms with E-state index in [9.17, 15) is 0 Å². The second kappa shape index (κ2) is 6.53. The van der Waals surface area contributed by atoms with Crippen LogP contribution in [0.1, 0.15) is 36.4 Å². The SMILES string of the molecule is COCCCCNC1CCc2cc(Br)ccc21. The lowest BCUT2D eigenvalue weighted by Gasteiger charge is -2.14. The molecule has 0 aliphatic heterocycles. The first kappa shape index (κ1) is 13.1. The van der Waals surface area contributed by atoms with Crippen LogP contribution in [0, 0.1) is 0 Å². The molecule has 2 rings (SSSR count). The molecular formula is C14H20BrNO. The van der Waals surface area contributed by atoms with Gasteiger partial charge in [0.2, 0.25) is 0 Å². The lowest BCUT2D eigenvalue weighted by molar-refractivity contribution is 0.192. The first-order valence-corrected chi connectivity index (χ1v) is 7.11. The van der Waals surface area contributed by atoms with Crippen LogP contribution in [0.15, 0.2) is 22.7 Å². The molecule has 1 N–H and O–H groups in total. The van der Waals surface area contributed by atoms with Crippen molar-refractivity contribution in [3.63, 3.8) is 0 Å². The summed E-state index contributed by atoms with van der Waals surface area (Å²) in [6, 6.07) is 7.20. The van der Waals surface area contributed by atoms with Gasteiger partial charge in [-0.25, -0.2) is 0 Å². The lowest BCUT2D eigenvalue weighted by Crippen LogP contribution is -2.20. The molecule has 1 aliphatic carbocycles. The van der Waals surface area contributed by atoms with Crippen LogP contribution in [0.25, 0.3) is 0 Å². The molecule has 94 valence electrons. The predicted molar refractivity (Wildman–Crippen MR) is 74.3 cm³/mol. The highest BCUT2D eigenvalue weighted by Gasteiger charge is 2.21. The van der Waals surface area contributed by atoms with Crippen molar-refractivity contribution in [2.45, 2.75) is 31.7 Å². The zero-order valence-electron chi connectivity index (χ0n) is 10.3. The molecule has 1 unspecified atom stereocenters. The summed E-state index contributed by atoms with van der Waals surface area (Å²) in [6.07, 6.45) is 4.76. The van der Waals surface area contributed by atoms with Crippen LogP contribution in [-0.4, -0.2) is 20.3 Å². The molecule has 1 aromatic rings. The van der Waals surface area contributed by atoms with Crippen LogP contribution in [0.2, 0.25) is 0 Å². The maximum atomic E-state index is 5.05. The summed E-state index contributed by atoms with van der Waals surface area (Å²) < 4.78 is 6.24. The van der Waals surface area contributed by atoms with E-state index < -0.39 is 0 Å². The zero-order valence-corrected chi connectivity index (χ0v) is 11.9. The summed E-state index contributed by atoms with van der Waals surface area (Å²) in [6.45, 7) is 1.96. The highest BCUT2D eigenvalue weighted by atomic mass is 79.9. The number of ether oxygens (including phenoxy) is 1. The van der Waals surface area contributed by atoms with Crippen molar-refractivity contribution in [2.24, 2.45) is 0 Å². The molecule has 1 aliphatic rings. The smallest absolute Gasteiger partial charge is 0.0462 e. The Labute approximate surface area is 112 Å². The Morgan fingerprint density at radius 3 is 3.12 bits per heavy atom. The van der Waals surface area contributed by atoms with Crippen LogP contribution < -0.4 is 5.32 Å². The van der Waals surface area contributed by atoms with Crippen LogP contribution in [0.3, 0.4) is 0 Å². The summed E-state index contributed by atoms with van der Waals surface area (Å²) in [7, 11) is 1.76. The van der Waals surface area contributed by atoms with Crippen LogP contribution >= 0.6 is 15.9 Å². The third-order valence-corrected chi connectivity index (χ3v) is 3.84. The van der Waals surface area contributed by atoms with Gasteiger partial charge in [0.1, 0.15) is 0 Å². The van der Waals surface area contributed by atoms with Crippen molar-refractivity contribution in [1.29, 1.82) is 0 Å². The average molecular weight is 298 g/mol. The molecule has 1 atom stereocenters. The van der Waals surface area contributed by atoms with Crippen molar-refractivity contribution in [1.82, 2.24) is 5.32 Å². The van der Waals surface area contributed by atoms with E-state index in [-0.39, 0.29) is 0 Å². The molecule has 0 saturated carbocycles. The molecule has 3 heteroatoms. The highest BCUT2D eigenvalue weighted by molar-refractivity contribution is 9.10. The van der Waals surface area contributed by atoms with E-state index in [1.54, 1.807) is 7.11 Å². The largest absolute Gasteiger partial charge is 0.385 e. The quantitative estimate of drug-likeness (QED) is 0.812. The Hall–Kier alpha value is -0.380. The Kier molecular flexibility index (Phi) is 5.01. The maximum Gasteiger partial charge on any atom is 0.0462 e. The predicted octanol–water partition coefficient (Wildman–Crippen LogP) is 3.45. The van der Waals surface area contributed by atoms with Gasteiger partial charge in [0.25, 0.3) is 0 Å². The number of fused-ring (bicyclic) bond motifs is 1. The Balaban J connectivity index is 1.81. The third-order valence-electron chi connectivity index (χ3n) is 3.35. The number of hydrogen-bond acceptors (Lipinski definition) is 2. The zero-order chi connectivity index (χ0) is 12.1. The highest BCUT2D eigenvalue weighted by Crippen LogP contribution is 2.32. The Morgan fingerprint density at radius 1 is 1.41 bits per heavy atom. The molecule has 0 fully saturated rings. The summed E-state index contributed by atoms with van der Waals surface area (Å²) in [5.74, 6) is 0. The van der Waals surface area contributed by atoms with Gasteiger partial charge in [-0.3, -0.25) is 0 Å². The van der Waals surface area contributed by atoms with E-state index in [1.807, 2.05) is 0 Å². The number of rotatable bonds is 6. The van der Waals surface area contributed by atoms with Gasteiger partial charge in [-0.15, -0.1) is 0 Å². The standard InChI is InChI=1S/C14H20BrNO/c1-17-9-3-2-8-16-14-7-4-11-10-12(15)5-6-13(11)14/h5-6,10,14,16H,2-4,7-9H2,1H3. The monoisotopic (exact) mass is 297 g/mol. The summed E-state index contributed by atoms with van der Waals surface area (Å²) in [5, 5.41) is 3.65. The molecule has 1 aromatic carbocycles. The van der Waals surface area contributed by atoms with Crippen molar-refractivity contribution in [2.75, 3.05) is 20.3 Å². The average Bonchev–Trinajstić information content (AvgIpc) is 2.71. The van der Waals surface area contributed by atoms with Crippen molar-refractivity contribution in [3.05, 3.63) is 33.8 Å². The van der Waals surface area contributed by atoms with E-state index in [2.05, 4.69) is 39.4 Å². The van der Waals surface area contributed by atoms with Crippen molar-refractivity contribution < 1.29 is 4.74 Å². The molecule has 2 nitrogen and oxygen atoms in total. The van der Waals surface area contributed by atoms with Crippen LogP contribution in [-0.2, 0) is 11.2 Å². The van der Waals surface area contributed by atoms with Gasteiger partial charge in [0.15, 0.2) is 0 Å². The van der Waals surface area contributed by atoms with E-state index >= 15 is 0 Å². The Morgan fingerprint density at radius 2 is 2.29 bits per heavy atom. The Bertz CT molecular complexity index is 367. The van der Waals surface area contributed by atoms with Crippen molar-refractivity contribution in [3.8, 4) is 0 Å². The lowest BCUT2D eigenvalue weighted by atomic mass is 10.1. The molecule has 0 spiro atoms. The molecule has 0 saturated heterocycles. The van der Waals surface area contributed by atoms with E-state index in [1.165, 1.54) is 34.9 Å². The minimum atomic E-state index is 0.556. The molecule has 0 heterocycles. The first-order valence-electron chi connectivity index (χ1n) is 6.32. The van der Waals surface area contributed by atoms with Gasteiger partial charge < -0.3 is 10.1 Å². The normalized spacial score (nSPS) is 18.4. The molecule has 0 radical (unpaired) electrons. The summed E-state index contributed by atoms with van der Waals surface area (Å²) in [4.78, 5) is 0. The van der Waals surface area contributed by atoms with Crippen LogP contribution in [0.4, 0.5) is 0 Å². The van der Waals surface area contributed by atoms with Gasteiger partial charge in [-0.05, 0) is 55.5 Å². The van der Waals surface area contributed by atoms with Crippen molar-refractivity contribution >= 4 is 15.9 Å². The number of unbranched alkanes of at least 4 members (excludes halogenated alkanes) is 1. The number of halogens is 1. The van der Waals surface area contributed by atoms with Crippen LogP contribution in [0.5, 0.6) is 0 Å². The fourth-order valence-corrected chi connectivity index (χ4v) is 2.85. The van der Waals surface area contributed by atoms with E-state index in [0.717, 1.165) is 19.6 Å². The fourth-order valence-electron chi connectivity index (χ4n) is 2.45. The van der Waals surface area contributed by atoms with Gasteiger partial charge in [-0.2, -0.15) is 0 Å². The number of nitrogens with one attached hydrogen (secondary N) is 1. The summed E-state index contributed by atoms with van der Waals surface area (Å²) in [5.41, 5.74) is 2.98. The van der Waals surface area contributed by atoms with Gasteiger partial charge in [0, 0.05) is 24.2 Å². The molecule has 17 heavy (non-hydrogen) atoms. The molecule has 0 amide bonds. The number of methoxy groups -OCH3 is 1. The maximum absolute atomic E-state index is 5.05. The fraction of sp³-hybridized carbons (Fsp3) is 0.571. The minimum absolute atomic E-state index is 0.556. The minimum Gasteiger partial charge on any atom is -0.385 e. The number of hydrogen-bond donors (Lipinski definition) is 1. The molecular weight excluding hydrogens is 278 g/mol. The van der Waals surface area contributed by atoms with Gasteiger partial charge in [0.05, 0.1) is 0 Å². The number of aryl methyl sites for hydroxylation is 1. The second-order valence-corrected chi connectivity index (χ2v) is 5.50.